The molecule has 1 rings (SSSR count). The molecule has 2 N–H and O–H groups in total. The molecule has 20 heavy (non-hydrogen) atoms. The Morgan fingerprint density at radius 1 is 1.50 bits per heavy atom. The third-order valence-electron chi connectivity index (χ3n) is 2.25. The summed E-state index contributed by atoms with van der Waals surface area (Å²) in [4.78, 5) is 12.5. The lowest BCUT2D eigenvalue weighted by molar-refractivity contribution is -0.126. The van der Waals surface area contributed by atoms with Crippen molar-refractivity contribution in [1.82, 2.24) is 5.32 Å². The minimum atomic E-state index is -0.151. The largest absolute Gasteiger partial charge is 0.395 e. The highest BCUT2D eigenvalue weighted by Crippen LogP contribution is 2.13. The van der Waals surface area contributed by atoms with Gasteiger partial charge in [0.1, 0.15) is 6.61 Å². The first-order valence-electron chi connectivity index (χ1n) is 6.26. The summed E-state index contributed by atoms with van der Waals surface area (Å²) in [5.41, 5.74) is 0.907. The van der Waals surface area contributed by atoms with Crippen LogP contribution < -0.4 is 5.32 Å². The van der Waals surface area contributed by atoms with Gasteiger partial charge in [-0.1, -0.05) is 11.8 Å². The number of hydrogen-bond donors (Lipinski definition) is 2. The second kappa shape index (κ2) is 10.4. The van der Waals surface area contributed by atoms with Crippen LogP contribution in [0.5, 0.6) is 0 Å². The Hall–Kier alpha value is -1.39. The Morgan fingerprint density at radius 2 is 2.35 bits per heavy atom. The van der Waals surface area contributed by atoms with E-state index in [1.54, 1.807) is 18.4 Å². The van der Waals surface area contributed by atoms with Gasteiger partial charge in [0.2, 0.25) is 5.91 Å². The molecule has 1 aromatic heterocycles. The van der Waals surface area contributed by atoms with Crippen LogP contribution in [0, 0.1) is 11.8 Å². The summed E-state index contributed by atoms with van der Waals surface area (Å²) in [5.74, 6) is 5.66. The Kier molecular flexibility index (Phi) is 8.67. The number of aliphatic hydroxyl groups excluding tert-OH is 1. The monoisotopic (exact) mass is 297 g/mol. The molecule has 0 atom stereocenters. The normalized spacial score (nSPS) is 9.90. The molecule has 0 aliphatic rings. The number of hydrogen-bond acceptors (Lipinski definition) is 5. The number of nitrogens with one attached hydrogen (secondary N) is 1. The van der Waals surface area contributed by atoms with Gasteiger partial charge < -0.3 is 19.9 Å². The molecule has 1 aromatic rings. The molecule has 110 valence electrons. The van der Waals surface area contributed by atoms with Gasteiger partial charge in [0, 0.05) is 29.4 Å². The first-order chi connectivity index (χ1) is 9.76. The van der Waals surface area contributed by atoms with E-state index in [0.717, 1.165) is 10.4 Å². The molecule has 0 fully saturated rings. The third kappa shape index (κ3) is 7.26. The summed E-state index contributed by atoms with van der Waals surface area (Å²) < 4.78 is 9.93. The van der Waals surface area contributed by atoms with Crippen LogP contribution >= 0.6 is 11.3 Å². The third-order valence-corrected chi connectivity index (χ3v) is 3.18. The van der Waals surface area contributed by atoms with Crippen molar-refractivity contribution >= 4 is 17.2 Å². The van der Waals surface area contributed by atoms with Crippen LogP contribution in [0.2, 0.25) is 0 Å². The molecule has 0 saturated heterocycles. The molecular formula is C14H19NO4S. The van der Waals surface area contributed by atoms with E-state index in [-0.39, 0.29) is 19.1 Å². The van der Waals surface area contributed by atoms with E-state index in [2.05, 4.69) is 17.2 Å². The maximum atomic E-state index is 11.5. The smallest absolute Gasteiger partial charge is 0.246 e. The number of ether oxygens (including phenoxy) is 2. The van der Waals surface area contributed by atoms with Gasteiger partial charge in [0.05, 0.1) is 26.4 Å². The van der Waals surface area contributed by atoms with Gasteiger partial charge >= 0.3 is 0 Å². The Labute approximate surface area is 122 Å². The lowest BCUT2D eigenvalue weighted by Crippen LogP contribution is -2.27. The van der Waals surface area contributed by atoms with E-state index < -0.39 is 0 Å². The van der Waals surface area contributed by atoms with Gasteiger partial charge in [-0.25, -0.2) is 0 Å². The maximum absolute atomic E-state index is 11.5. The fraction of sp³-hybridized carbons (Fsp3) is 0.500. The number of methoxy groups -OCH3 is 1. The van der Waals surface area contributed by atoms with Crippen LogP contribution in [0.1, 0.15) is 16.9 Å². The van der Waals surface area contributed by atoms with E-state index in [1.807, 2.05) is 11.4 Å². The fourth-order valence-electron chi connectivity index (χ4n) is 1.30. The van der Waals surface area contributed by atoms with Crippen LogP contribution in [0.4, 0.5) is 0 Å². The van der Waals surface area contributed by atoms with E-state index in [1.165, 1.54) is 0 Å². The molecule has 0 saturated carbocycles. The maximum Gasteiger partial charge on any atom is 0.246 e. The molecule has 0 aliphatic heterocycles. The molecule has 0 radical (unpaired) electrons. The van der Waals surface area contributed by atoms with Gasteiger partial charge in [-0.3, -0.25) is 4.79 Å². The topological polar surface area (TPSA) is 67.8 Å². The van der Waals surface area contributed by atoms with Crippen LogP contribution in [0.25, 0.3) is 0 Å². The van der Waals surface area contributed by atoms with Crippen molar-refractivity contribution in [3.8, 4) is 11.8 Å². The van der Waals surface area contributed by atoms with Gasteiger partial charge in [-0.15, -0.1) is 11.3 Å². The zero-order valence-electron chi connectivity index (χ0n) is 11.5. The number of amides is 1. The van der Waals surface area contributed by atoms with Crippen LogP contribution in [0.15, 0.2) is 11.4 Å². The number of carbonyl (C=O) groups is 1. The molecule has 0 spiro atoms. The lowest BCUT2D eigenvalue weighted by Gasteiger charge is -2.04. The lowest BCUT2D eigenvalue weighted by atomic mass is 10.3. The first kappa shape index (κ1) is 16.7. The SMILES string of the molecule is COCCOCC(=O)NCc1cc(C#CCCO)cs1. The van der Waals surface area contributed by atoms with Crippen molar-refractivity contribution in [2.45, 2.75) is 13.0 Å². The Morgan fingerprint density at radius 3 is 3.10 bits per heavy atom. The average Bonchev–Trinajstić information content (AvgIpc) is 2.90. The minimum Gasteiger partial charge on any atom is -0.395 e. The fourth-order valence-corrected chi connectivity index (χ4v) is 2.06. The highest BCUT2D eigenvalue weighted by atomic mass is 32.1. The zero-order chi connectivity index (χ0) is 14.6. The van der Waals surface area contributed by atoms with Crippen molar-refractivity contribution in [2.75, 3.05) is 33.5 Å². The summed E-state index contributed by atoms with van der Waals surface area (Å²) in [5, 5.41) is 13.3. The standard InChI is InChI=1S/C14H19NO4S/c1-18-6-7-19-10-14(17)15-9-13-8-12(11-20-13)4-2-3-5-16/h8,11,16H,3,5-7,9-10H2,1H3,(H,15,17). The van der Waals surface area contributed by atoms with Crippen molar-refractivity contribution in [1.29, 1.82) is 0 Å². The predicted molar refractivity (Wildman–Crippen MR) is 77.4 cm³/mol. The van der Waals surface area contributed by atoms with Gasteiger partial charge in [0.25, 0.3) is 0 Å². The minimum absolute atomic E-state index is 0.0396. The zero-order valence-corrected chi connectivity index (χ0v) is 12.3. The molecule has 6 heteroatoms. The van der Waals surface area contributed by atoms with Gasteiger partial charge in [0.15, 0.2) is 0 Å². The van der Waals surface area contributed by atoms with Crippen molar-refractivity contribution < 1.29 is 19.4 Å². The molecule has 0 bridgehead atoms. The van der Waals surface area contributed by atoms with Crippen LogP contribution in [0.3, 0.4) is 0 Å². The van der Waals surface area contributed by atoms with Gasteiger partial charge in [-0.05, 0) is 6.07 Å². The summed E-state index contributed by atoms with van der Waals surface area (Å²) in [6, 6.07) is 1.93. The number of aliphatic hydroxyl groups is 1. The van der Waals surface area contributed by atoms with E-state index in [9.17, 15) is 4.79 Å². The van der Waals surface area contributed by atoms with E-state index in [4.69, 9.17) is 14.6 Å². The Balaban J connectivity index is 2.25. The Bertz CT molecular complexity index is 461. The van der Waals surface area contributed by atoms with E-state index >= 15 is 0 Å². The quantitative estimate of drug-likeness (QED) is 0.549. The van der Waals surface area contributed by atoms with Crippen molar-refractivity contribution in [3.63, 3.8) is 0 Å². The number of carbonyl (C=O) groups excluding carboxylic acids is 1. The summed E-state index contributed by atoms with van der Waals surface area (Å²) in [6.07, 6.45) is 0.473. The average molecular weight is 297 g/mol. The number of thiophene rings is 1. The van der Waals surface area contributed by atoms with Crippen LogP contribution in [-0.2, 0) is 20.8 Å². The predicted octanol–water partition coefficient (Wildman–Crippen LogP) is 0.761. The second-order valence-electron chi connectivity index (χ2n) is 3.90. The molecular weight excluding hydrogens is 278 g/mol. The first-order valence-corrected chi connectivity index (χ1v) is 7.14. The molecule has 0 unspecified atom stereocenters. The molecule has 0 aromatic carbocycles. The summed E-state index contributed by atoms with van der Waals surface area (Å²) in [6.45, 7) is 1.47. The van der Waals surface area contributed by atoms with Gasteiger partial charge in [-0.2, -0.15) is 0 Å². The van der Waals surface area contributed by atoms with Crippen molar-refractivity contribution in [3.05, 3.63) is 21.9 Å². The van der Waals surface area contributed by atoms with Crippen molar-refractivity contribution in [2.24, 2.45) is 0 Å². The van der Waals surface area contributed by atoms with Crippen LogP contribution in [-0.4, -0.2) is 44.6 Å². The van der Waals surface area contributed by atoms with E-state index in [0.29, 0.717) is 26.2 Å². The molecule has 1 amide bonds. The second-order valence-corrected chi connectivity index (χ2v) is 4.89. The molecule has 5 nitrogen and oxygen atoms in total. The summed E-state index contributed by atoms with van der Waals surface area (Å²) >= 11 is 1.54. The summed E-state index contributed by atoms with van der Waals surface area (Å²) in [7, 11) is 1.58. The molecule has 1 heterocycles. The molecule has 0 aliphatic carbocycles. The highest BCUT2D eigenvalue weighted by molar-refractivity contribution is 7.10. The number of rotatable bonds is 8. The highest BCUT2D eigenvalue weighted by Gasteiger charge is 2.03.